The maximum atomic E-state index is 11.9. The Balaban J connectivity index is 2.47. The second-order valence-corrected chi connectivity index (χ2v) is 4.79. The monoisotopic (exact) mass is 250 g/mol. The number of nitrogen functional groups attached to an aromatic ring is 1. The number of hydrogen-bond acceptors (Lipinski definition) is 3. The van der Waals surface area contributed by atoms with Crippen LogP contribution in [0.3, 0.4) is 0 Å². The van der Waals surface area contributed by atoms with Crippen LogP contribution >= 0.6 is 11.8 Å². The number of carbonyl (C=O) groups excluding carboxylic acids is 1. The number of hydrogen-bond donors (Lipinski definition) is 2. The zero-order chi connectivity index (χ0) is 12.7. The van der Waals surface area contributed by atoms with E-state index in [2.05, 4.69) is 11.9 Å². The van der Waals surface area contributed by atoms with E-state index < -0.39 is 0 Å². The average Bonchev–Trinajstić information content (AvgIpc) is 2.32. The maximum absolute atomic E-state index is 11.9. The van der Waals surface area contributed by atoms with Gasteiger partial charge in [0.1, 0.15) is 0 Å². The molecule has 3 nitrogen and oxygen atoms in total. The fourth-order valence-corrected chi connectivity index (χ4v) is 1.98. The van der Waals surface area contributed by atoms with Gasteiger partial charge in [-0.2, -0.15) is 11.8 Å². The van der Waals surface area contributed by atoms with E-state index in [0.29, 0.717) is 17.8 Å². The third-order valence-electron chi connectivity index (χ3n) is 2.39. The van der Waals surface area contributed by atoms with Crippen molar-refractivity contribution in [1.29, 1.82) is 0 Å². The van der Waals surface area contributed by atoms with Gasteiger partial charge in [-0.3, -0.25) is 4.79 Å². The van der Waals surface area contributed by atoms with Crippen molar-refractivity contribution in [2.45, 2.75) is 6.92 Å². The molecule has 1 aromatic rings. The van der Waals surface area contributed by atoms with E-state index >= 15 is 0 Å². The van der Waals surface area contributed by atoms with Crippen LogP contribution in [0.2, 0.25) is 0 Å². The SMILES string of the molecule is C=CCSCCNC(=O)c1cccc(N)c1C. The van der Waals surface area contributed by atoms with Crippen LogP contribution in [0.1, 0.15) is 15.9 Å². The van der Waals surface area contributed by atoms with Crippen molar-refractivity contribution in [3.8, 4) is 0 Å². The van der Waals surface area contributed by atoms with Crippen molar-refractivity contribution in [2.75, 3.05) is 23.8 Å². The second-order valence-electron chi connectivity index (χ2n) is 3.64. The molecular formula is C13H18N2OS. The van der Waals surface area contributed by atoms with Gasteiger partial charge in [0.15, 0.2) is 0 Å². The van der Waals surface area contributed by atoms with E-state index in [4.69, 9.17) is 5.73 Å². The Hall–Kier alpha value is -1.42. The summed E-state index contributed by atoms with van der Waals surface area (Å²) >= 11 is 1.74. The van der Waals surface area contributed by atoms with E-state index in [1.54, 1.807) is 30.0 Å². The third-order valence-corrected chi connectivity index (χ3v) is 3.35. The predicted molar refractivity (Wildman–Crippen MR) is 75.4 cm³/mol. The Kier molecular flexibility index (Phi) is 5.63. The van der Waals surface area contributed by atoms with Gasteiger partial charge in [-0.1, -0.05) is 12.1 Å². The van der Waals surface area contributed by atoms with Crippen molar-refractivity contribution < 1.29 is 4.79 Å². The van der Waals surface area contributed by atoms with Crippen LogP contribution in [0, 0.1) is 6.92 Å². The summed E-state index contributed by atoms with van der Waals surface area (Å²) in [6.45, 7) is 6.16. The van der Waals surface area contributed by atoms with Crippen LogP contribution in [-0.4, -0.2) is 24.0 Å². The molecule has 1 rings (SSSR count). The smallest absolute Gasteiger partial charge is 0.251 e. The van der Waals surface area contributed by atoms with Gasteiger partial charge in [0, 0.05) is 29.3 Å². The Morgan fingerprint density at radius 1 is 1.59 bits per heavy atom. The molecule has 0 fully saturated rings. The molecule has 0 saturated heterocycles. The summed E-state index contributed by atoms with van der Waals surface area (Å²) in [4.78, 5) is 11.9. The van der Waals surface area contributed by atoms with Gasteiger partial charge < -0.3 is 11.1 Å². The van der Waals surface area contributed by atoms with Crippen molar-refractivity contribution in [1.82, 2.24) is 5.32 Å². The molecule has 0 atom stereocenters. The fourth-order valence-electron chi connectivity index (χ4n) is 1.40. The van der Waals surface area contributed by atoms with E-state index in [0.717, 1.165) is 17.1 Å². The minimum Gasteiger partial charge on any atom is -0.398 e. The molecule has 0 aliphatic heterocycles. The summed E-state index contributed by atoms with van der Waals surface area (Å²) in [5, 5.41) is 2.88. The molecule has 0 aliphatic carbocycles. The molecule has 0 aromatic heterocycles. The molecule has 0 spiro atoms. The van der Waals surface area contributed by atoms with Crippen LogP contribution in [-0.2, 0) is 0 Å². The zero-order valence-electron chi connectivity index (χ0n) is 10.0. The van der Waals surface area contributed by atoms with E-state index in [1.807, 2.05) is 13.0 Å². The highest BCUT2D eigenvalue weighted by atomic mass is 32.2. The van der Waals surface area contributed by atoms with Gasteiger partial charge in [0.25, 0.3) is 5.91 Å². The van der Waals surface area contributed by atoms with Crippen LogP contribution < -0.4 is 11.1 Å². The summed E-state index contributed by atoms with van der Waals surface area (Å²) in [5.41, 5.74) is 7.90. The number of carbonyl (C=O) groups is 1. The number of nitrogens with one attached hydrogen (secondary N) is 1. The topological polar surface area (TPSA) is 55.1 Å². The molecule has 92 valence electrons. The number of rotatable bonds is 6. The van der Waals surface area contributed by atoms with Gasteiger partial charge in [-0.25, -0.2) is 0 Å². The highest BCUT2D eigenvalue weighted by Gasteiger charge is 2.09. The number of thioether (sulfide) groups is 1. The molecule has 4 heteroatoms. The first-order valence-corrected chi connectivity index (χ1v) is 6.64. The standard InChI is InChI=1S/C13H18N2OS/c1-3-8-17-9-7-15-13(16)11-5-4-6-12(14)10(11)2/h3-6H,1,7-9,14H2,2H3,(H,15,16). The molecular weight excluding hydrogens is 232 g/mol. The maximum Gasteiger partial charge on any atom is 0.251 e. The summed E-state index contributed by atoms with van der Waals surface area (Å²) in [6.07, 6.45) is 1.86. The Morgan fingerprint density at radius 3 is 3.06 bits per heavy atom. The van der Waals surface area contributed by atoms with Gasteiger partial charge >= 0.3 is 0 Å². The molecule has 1 amide bonds. The van der Waals surface area contributed by atoms with E-state index in [1.165, 1.54) is 0 Å². The predicted octanol–water partition coefficient (Wildman–Crippen LogP) is 2.23. The van der Waals surface area contributed by atoms with Crippen LogP contribution in [0.5, 0.6) is 0 Å². The Labute approximate surface area is 106 Å². The molecule has 17 heavy (non-hydrogen) atoms. The Bertz CT molecular complexity index is 404. The Morgan fingerprint density at radius 2 is 2.35 bits per heavy atom. The van der Waals surface area contributed by atoms with Crippen molar-refractivity contribution in [3.05, 3.63) is 42.0 Å². The molecule has 0 radical (unpaired) electrons. The highest BCUT2D eigenvalue weighted by molar-refractivity contribution is 7.99. The van der Waals surface area contributed by atoms with Crippen molar-refractivity contribution >= 4 is 23.4 Å². The van der Waals surface area contributed by atoms with Crippen molar-refractivity contribution in [2.24, 2.45) is 0 Å². The minimum absolute atomic E-state index is 0.0611. The lowest BCUT2D eigenvalue weighted by atomic mass is 10.1. The lowest BCUT2D eigenvalue weighted by molar-refractivity contribution is 0.0955. The average molecular weight is 250 g/mol. The van der Waals surface area contributed by atoms with Crippen molar-refractivity contribution in [3.63, 3.8) is 0 Å². The lowest BCUT2D eigenvalue weighted by Crippen LogP contribution is -2.26. The van der Waals surface area contributed by atoms with E-state index in [9.17, 15) is 4.79 Å². The lowest BCUT2D eigenvalue weighted by Gasteiger charge is -2.08. The quantitative estimate of drug-likeness (QED) is 0.462. The summed E-state index contributed by atoms with van der Waals surface area (Å²) < 4.78 is 0. The largest absolute Gasteiger partial charge is 0.398 e. The first kappa shape index (κ1) is 13.6. The molecule has 0 bridgehead atoms. The highest BCUT2D eigenvalue weighted by Crippen LogP contribution is 2.15. The number of amides is 1. The van der Waals surface area contributed by atoms with Gasteiger partial charge in [-0.15, -0.1) is 6.58 Å². The summed E-state index contributed by atoms with van der Waals surface area (Å²) in [5.74, 6) is 1.74. The van der Waals surface area contributed by atoms with Gasteiger partial charge in [-0.05, 0) is 24.6 Å². The summed E-state index contributed by atoms with van der Waals surface area (Å²) in [7, 11) is 0. The molecule has 3 N–H and O–H groups in total. The fraction of sp³-hybridized carbons (Fsp3) is 0.308. The molecule has 0 heterocycles. The zero-order valence-corrected chi connectivity index (χ0v) is 10.8. The van der Waals surface area contributed by atoms with Gasteiger partial charge in [0.05, 0.1) is 0 Å². The van der Waals surface area contributed by atoms with E-state index in [-0.39, 0.29) is 5.91 Å². The first-order valence-electron chi connectivity index (χ1n) is 5.48. The second kappa shape index (κ2) is 7.01. The number of nitrogens with two attached hydrogens (primary N) is 1. The normalized spacial score (nSPS) is 9.94. The van der Waals surface area contributed by atoms with Crippen LogP contribution in [0.15, 0.2) is 30.9 Å². The number of benzene rings is 1. The summed E-state index contributed by atoms with van der Waals surface area (Å²) in [6, 6.07) is 5.38. The van der Waals surface area contributed by atoms with Crippen LogP contribution in [0.4, 0.5) is 5.69 Å². The molecule has 0 aliphatic rings. The van der Waals surface area contributed by atoms with Crippen LogP contribution in [0.25, 0.3) is 0 Å². The third kappa shape index (κ3) is 4.15. The van der Waals surface area contributed by atoms with Gasteiger partial charge in [0.2, 0.25) is 0 Å². The minimum atomic E-state index is -0.0611. The molecule has 1 aromatic carbocycles. The molecule has 0 unspecified atom stereocenters. The first-order chi connectivity index (χ1) is 8.16. The molecule has 0 saturated carbocycles. The number of anilines is 1.